The first-order chi connectivity index (χ1) is 9.95. The van der Waals surface area contributed by atoms with Crippen LogP contribution < -0.4 is 0 Å². The van der Waals surface area contributed by atoms with Crippen molar-refractivity contribution >= 4 is 0 Å². The number of pyridine rings is 3. The molecule has 94 valence electrons. The van der Waals surface area contributed by atoms with E-state index in [0.717, 1.165) is 0 Å². The predicted octanol–water partition coefficient (Wildman–Crippen LogP) is 2.86. The van der Waals surface area contributed by atoms with Crippen LogP contribution in [0.4, 0.5) is 0 Å². The standard InChI is InChI=1S/C17H11N3/c1-4-19-8-14-10(1)16-11-2-5-20-9-15(11)17(14)12-3-6-18-7-13(12)16/h1-9,16-17H. The van der Waals surface area contributed by atoms with Gasteiger partial charge >= 0.3 is 0 Å². The minimum Gasteiger partial charge on any atom is -0.264 e. The van der Waals surface area contributed by atoms with Crippen molar-refractivity contribution in [3.63, 3.8) is 0 Å². The van der Waals surface area contributed by atoms with Crippen LogP contribution in [-0.4, -0.2) is 15.0 Å². The highest BCUT2D eigenvalue weighted by Crippen LogP contribution is 2.54. The Kier molecular flexibility index (Phi) is 1.80. The molecule has 0 unspecified atom stereocenters. The highest BCUT2D eigenvalue weighted by Gasteiger charge is 2.41. The number of hydrogen-bond donors (Lipinski definition) is 0. The Hall–Kier alpha value is -2.55. The van der Waals surface area contributed by atoms with Gasteiger partial charge in [-0.25, -0.2) is 0 Å². The van der Waals surface area contributed by atoms with Crippen LogP contribution in [0.5, 0.6) is 0 Å². The second-order valence-electron chi connectivity index (χ2n) is 5.38. The van der Waals surface area contributed by atoms with E-state index in [9.17, 15) is 0 Å². The van der Waals surface area contributed by atoms with Crippen molar-refractivity contribution < 1.29 is 0 Å². The van der Waals surface area contributed by atoms with Crippen LogP contribution >= 0.6 is 0 Å². The van der Waals surface area contributed by atoms with Gasteiger partial charge in [0, 0.05) is 49.0 Å². The van der Waals surface area contributed by atoms with E-state index >= 15 is 0 Å². The van der Waals surface area contributed by atoms with E-state index in [2.05, 4.69) is 33.2 Å². The molecule has 3 aliphatic rings. The maximum atomic E-state index is 4.33. The third-order valence-electron chi connectivity index (χ3n) is 4.53. The molecule has 3 aliphatic carbocycles. The van der Waals surface area contributed by atoms with Gasteiger partial charge in [0.15, 0.2) is 0 Å². The monoisotopic (exact) mass is 257 g/mol. The minimum absolute atomic E-state index is 0.255. The van der Waals surface area contributed by atoms with Crippen molar-refractivity contribution in [3.05, 3.63) is 88.8 Å². The molecule has 0 aromatic carbocycles. The number of hydrogen-bond acceptors (Lipinski definition) is 3. The first-order valence-corrected chi connectivity index (χ1v) is 6.76. The fourth-order valence-electron chi connectivity index (χ4n) is 3.77. The van der Waals surface area contributed by atoms with Crippen molar-refractivity contribution in [3.8, 4) is 0 Å². The fourth-order valence-corrected chi connectivity index (χ4v) is 3.77. The molecule has 6 rings (SSSR count). The van der Waals surface area contributed by atoms with Gasteiger partial charge in [-0.15, -0.1) is 0 Å². The molecule has 0 atom stereocenters. The molecule has 3 aromatic rings. The summed E-state index contributed by atoms with van der Waals surface area (Å²) in [5, 5.41) is 0. The molecule has 0 spiro atoms. The van der Waals surface area contributed by atoms with Gasteiger partial charge in [-0.1, -0.05) is 0 Å². The van der Waals surface area contributed by atoms with E-state index in [4.69, 9.17) is 0 Å². The van der Waals surface area contributed by atoms with E-state index in [1.807, 2.05) is 37.2 Å². The van der Waals surface area contributed by atoms with Gasteiger partial charge in [-0.05, 0) is 51.6 Å². The lowest BCUT2D eigenvalue weighted by atomic mass is 9.62. The van der Waals surface area contributed by atoms with Crippen molar-refractivity contribution in [1.29, 1.82) is 0 Å². The largest absolute Gasteiger partial charge is 0.264 e. The summed E-state index contributed by atoms with van der Waals surface area (Å²) in [6.07, 6.45) is 11.7. The van der Waals surface area contributed by atoms with Gasteiger partial charge in [-0.3, -0.25) is 15.0 Å². The van der Waals surface area contributed by atoms with Crippen LogP contribution in [0.3, 0.4) is 0 Å². The normalized spacial score (nSPS) is 21.0. The van der Waals surface area contributed by atoms with Gasteiger partial charge in [0.2, 0.25) is 0 Å². The third-order valence-corrected chi connectivity index (χ3v) is 4.53. The Balaban J connectivity index is 1.93. The minimum atomic E-state index is 0.255. The van der Waals surface area contributed by atoms with Gasteiger partial charge in [0.25, 0.3) is 0 Å². The summed E-state index contributed by atoms with van der Waals surface area (Å²) >= 11 is 0. The lowest BCUT2D eigenvalue weighted by Crippen LogP contribution is -2.27. The molecule has 0 radical (unpaired) electrons. The van der Waals surface area contributed by atoms with Crippen LogP contribution in [0.15, 0.2) is 55.4 Å². The predicted molar refractivity (Wildman–Crippen MR) is 74.6 cm³/mol. The Bertz CT molecular complexity index is 659. The fraction of sp³-hybridized carbons (Fsp3) is 0.118. The van der Waals surface area contributed by atoms with Crippen LogP contribution in [0.25, 0.3) is 0 Å². The third kappa shape index (κ3) is 1.09. The maximum Gasteiger partial charge on any atom is 0.0380 e. The van der Waals surface area contributed by atoms with Crippen molar-refractivity contribution in [2.45, 2.75) is 11.8 Å². The molecule has 0 amide bonds. The van der Waals surface area contributed by atoms with Crippen LogP contribution in [-0.2, 0) is 0 Å². The summed E-state index contributed by atoms with van der Waals surface area (Å²) in [6, 6.07) is 6.43. The lowest BCUT2D eigenvalue weighted by molar-refractivity contribution is 0.737. The first kappa shape index (κ1) is 10.3. The molecule has 0 fully saturated rings. The van der Waals surface area contributed by atoms with Gasteiger partial charge in [-0.2, -0.15) is 0 Å². The molecule has 0 N–H and O–H groups in total. The van der Waals surface area contributed by atoms with Crippen LogP contribution in [0.1, 0.15) is 45.2 Å². The van der Waals surface area contributed by atoms with Gasteiger partial charge in [0.1, 0.15) is 0 Å². The molecular weight excluding hydrogens is 246 g/mol. The number of rotatable bonds is 0. The Morgan fingerprint density at radius 3 is 1.25 bits per heavy atom. The van der Waals surface area contributed by atoms with Crippen LogP contribution in [0, 0.1) is 0 Å². The summed E-state index contributed by atoms with van der Waals surface area (Å²) < 4.78 is 0. The maximum absolute atomic E-state index is 4.33. The molecule has 2 bridgehead atoms. The summed E-state index contributed by atoms with van der Waals surface area (Å²) in [4.78, 5) is 13.0. The first-order valence-electron chi connectivity index (χ1n) is 6.76. The lowest BCUT2D eigenvalue weighted by Gasteiger charge is -2.41. The summed E-state index contributed by atoms with van der Waals surface area (Å²) in [5.41, 5.74) is 8.04. The zero-order valence-corrected chi connectivity index (χ0v) is 10.7. The average Bonchev–Trinajstić information content (AvgIpc) is 2.54. The summed E-state index contributed by atoms with van der Waals surface area (Å²) in [6.45, 7) is 0. The molecule has 0 saturated heterocycles. The number of nitrogens with zero attached hydrogens (tertiary/aromatic N) is 3. The van der Waals surface area contributed by atoms with Crippen molar-refractivity contribution in [2.75, 3.05) is 0 Å². The van der Waals surface area contributed by atoms with Crippen molar-refractivity contribution in [2.24, 2.45) is 0 Å². The zero-order valence-electron chi connectivity index (χ0n) is 10.7. The van der Waals surface area contributed by atoms with E-state index < -0.39 is 0 Å². The highest BCUT2D eigenvalue weighted by atomic mass is 14.7. The Morgan fingerprint density at radius 2 is 0.850 bits per heavy atom. The molecule has 0 saturated carbocycles. The molecule has 20 heavy (non-hydrogen) atoms. The van der Waals surface area contributed by atoms with E-state index in [1.54, 1.807) is 0 Å². The van der Waals surface area contributed by atoms with Crippen LogP contribution in [0.2, 0.25) is 0 Å². The molecule has 0 aliphatic heterocycles. The van der Waals surface area contributed by atoms with Gasteiger partial charge in [0.05, 0.1) is 0 Å². The molecule has 3 heterocycles. The highest BCUT2D eigenvalue weighted by molar-refractivity contribution is 5.66. The molecule has 3 nitrogen and oxygen atoms in total. The average molecular weight is 257 g/mol. The Labute approximate surface area is 116 Å². The van der Waals surface area contributed by atoms with Crippen molar-refractivity contribution in [1.82, 2.24) is 15.0 Å². The molecular formula is C17H11N3. The Morgan fingerprint density at radius 1 is 0.500 bits per heavy atom. The summed E-state index contributed by atoms with van der Waals surface area (Å²) in [7, 11) is 0. The van der Waals surface area contributed by atoms with E-state index in [0.29, 0.717) is 0 Å². The zero-order chi connectivity index (χ0) is 13.1. The molecule has 3 aromatic heterocycles. The summed E-state index contributed by atoms with van der Waals surface area (Å²) in [5.74, 6) is 0.532. The second kappa shape index (κ2) is 3.51. The second-order valence-corrected chi connectivity index (χ2v) is 5.38. The quantitative estimate of drug-likeness (QED) is 0.428. The SMILES string of the molecule is c1cc2c(cn1)C1c3ccncc3C2c2cnccc21. The smallest absolute Gasteiger partial charge is 0.0380 e. The number of aromatic nitrogens is 3. The van der Waals surface area contributed by atoms with Gasteiger partial charge < -0.3 is 0 Å². The topological polar surface area (TPSA) is 38.7 Å². The van der Waals surface area contributed by atoms with E-state index in [-0.39, 0.29) is 11.8 Å². The molecule has 3 heteroatoms. The van der Waals surface area contributed by atoms with E-state index in [1.165, 1.54) is 33.4 Å².